The van der Waals surface area contributed by atoms with Crippen molar-refractivity contribution in [3.63, 3.8) is 0 Å². The number of rotatable bonds is 2. The van der Waals surface area contributed by atoms with Crippen LogP contribution in [-0.2, 0) is 0 Å². The second-order valence-corrected chi connectivity index (χ2v) is 5.30. The Kier molecular flexibility index (Phi) is 2.55. The number of carboxylic acids is 1. The lowest BCUT2D eigenvalue weighted by molar-refractivity contribution is 0.0699. The molecule has 1 unspecified atom stereocenters. The number of imidazole rings is 1. The molecule has 0 aliphatic carbocycles. The van der Waals surface area contributed by atoms with Gasteiger partial charge in [0.2, 0.25) is 0 Å². The molecule has 1 N–H and O–H groups in total. The third-order valence-electron chi connectivity index (χ3n) is 3.13. The Bertz CT molecular complexity index is 573. The van der Waals surface area contributed by atoms with Crippen LogP contribution in [0.5, 0.6) is 0 Å². The monoisotopic (exact) mass is 248 g/mol. The predicted molar refractivity (Wildman–Crippen MR) is 67.7 cm³/mol. The molecule has 1 aromatic carbocycles. The lowest BCUT2D eigenvalue weighted by Gasteiger charge is -2.11. The molecule has 17 heavy (non-hydrogen) atoms. The average Bonchev–Trinajstić information content (AvgIpc) is 2.96. The van der Waals surface area contributed by atoms with Crippen LogP contribution in [0.2, 0.25) is 0 Å². The Balaban J connectivity index is 2.15. The van der Waals surface area contributed by atoms with Crippen molar-refractivity contribution in [2.24, 2.45) is 0 Å². The van der Waals surface area contributed by atoms with Gasteiger partial charge in [0.25, 0.3) is 0 Å². The third kappa shape index (κ3) is 1.70. The number of aromatic carboxylic acids is 1. The van der Waals surface area contributed by atoms with Crippen LogP contribution in [0.1, 0.15) is 22.8 Å². The van der Waals surface area contributed by atoms with Gasteiger partial charge in [0.05, 0.1) is 17.4 Å². The van der Waals surface area contributed by atoms with Crippen molar-refractivity contribution in [1.82, 2.24) is 9.55 Å². The van der Waals surface area contributed by atoms with Gasteiger partial charge in [-0.25, -0.2) is 9.78 Å². The molecule has 88 valence electrons. The molecule has 4 nitrogen and oxygen atoms in total. The number of benzene rings is 1. The molecule has 3 rings (SSSR count). The summed E-state index contributed by atoms with van der Waals surface area (Å²) in [5, 5.41) is 9.10. The van der Waals surface area contributed by atoms with Crippen LogP contribution in [0, 0.1) is 0 Å². The topological polar surface area (TPSA) is 55.1 Å². The molecule has 1 aliphatic heterocycles. The molecule has 1 aliphatic rings. The van der Waals surface area contributed by atoms with E-state index in [4.69, 9.17) is 5.11 Å². The second kappa shape index (κ2) is 4.07. The molecule has 0 amide bonds. The number of thioether (sulfide) groups is 1. The molecule has 1 saturated heterocycles. The third-order valence-corrected chi connectivity index (χ3v) is 4.28. The van der Waals surface area contributed by atoms with Gasteiger partial charge in [-0.1, -0.05) is 6.07 Å². The van der Waals surface area contributed by atoms with Crippen molar-refractivity contribution >= 4 is 28.8 Å². The summed E-state index contributed by atoms with van der Waals surface area (Å²) < 4.78 is 2.11. The summed E-state index contributed by atoms with van der Waals surface area (Å²) in [5.41, 5.74) is 1.81. The summed E-state index contributed by atoms with van der Waals surface area (Å²) in [5.74, 6) is 1.34. The lowest BCUT2D eigenvalue weighted by atomic mass is 10.1. The first-order chi connectivity index (χ1) is 8.27. The molecule has 0 radical (unpaired) electrons. The van der Waals surface area contributed by atoms with Gasteiger partial charge in [0.15, 0.2) is 0 Å². The number of hydrogen-bond donors (Lipinski definition) is 1. The molecule has 1 aromatic heterocycles. The Labute approximate surface area is 103 Å². The van der Waals surface area contributed by atoms with Gasteiger partial charge in [0.1, 0.15) is 5.52 Å². The van der Waals surface area contributed by atoms with E-state index in [2.05, 4.69) is 9.55 Å². The van der Waals surface area contributed by atoms with Gasteiger partial charge in [-0.2, -0.15) is 11.8 Å². The number of hydrogen-bond acceptors (Lipinski definition) is 3. The zero-order valence-corrected chi connectivity index (χ0v) is 9.98. The first-order valence-corrected chi connectivity index (χ1v) is 6.69. The van der Waals surface area contributed by atoms with Gasteiger partial charge in [0, 0.05) is 11.8 Å². The highest BCUT2D eigenvalue weighted by atomic mass is 32.2. The van der Waals surface area contributed by atoms with E-state index in [1.165, 1.54) is 5.75 Å². The number of nitrogens with zero attached hydrogens (tertiary/aromatic N) is 2. The fourth-order valence-corrected chi connectivity index (χ4v) is 3.47. The van der Waals surface area contributed by atoms with E-state index in [1.807, 2.05) is 17.8 Å². The van der Waals surface area contributed by atoms with Crippen LogP contribution in [-0.4, -0.2) is 32.1 Å². The van der Waals surface area contributed by atoms with Crippen LogP contribution < -0.4 is 0 Å². The zero-order valence-electron chi connectivity index (χ0n) is 9.17. The molecular formula is C12H12N2O2S. The molecule has 1 fully saturated rings. The Hall–Kier alpha value is -1.49. The summed E-state index contributed by atoms with van der Waals surface area (Å²) in [4.78, 5) is 15.3. The zero-order chi connectivity index (χ0) is 11.8. The molecule has 0 saturated carbocycles. The van der Waals surface area contributed by atoms with E-state index in [0.29, 0.717) is 11.6 Å². The lowest BCUT2D eigenvalue weighted by Crippen LogP contribution is -2.06. The molecular weight excluding hydrogens is 236 g/mol. The van der Waals surface area contributed by atoms with Gasteiger partial charge < -0.3 is 9.67 Å². The average molecular weight is 248 g/mol. The first kappa shape index (κ1) is 10.7. The van der Waals surface area contributed by atoms with Crippen molar-refractivity contribution in [2.45, 2.75) is 12.5 Å². The molecule has 1 atom stereocenters. The van der Waals surface area contributed by atoms with Crippen LogP contribution in [0.15, 0.2) is 24.5 Å². The van der Waals surface area contributed by atoms with E-state index in [0.717, 1.165) is 17.7 Å². The Morgan fingerprint density at radius 3 is 3.12 bits per heavy atom. The van der Waals surface area contributed by atoms with Crippen molar-refractivity contribution in [2.75, 3.05) is 11.5 Å². The number of carbonyl (C=O) groups is 1. The van der Waals surface area contributed by atoms with Crippen molar-refractivity contribution in [3.05, 3.63) is 30.1 Å². The van der Waals surface area contributed by atoms with Gasteiger partial charge in [-0.15, -0.1) is 0 Å². The minimum Gasteiger partial charge on any atom is -0.478 e. The standard InChI is InChI=1S/C12H12N2O2S/c15-12(16)9-2-1-3-10-11(9)13-7-14(10)8-4-5-17-6-8/h1-3,7-8H,4-6H2,(H,15,16). The molecule has 2 aromatic rings. The van der Waals surface area contributed by atoms with E-state index >= 15 is 0 Å². The summed E-state index contributed by atoms with van der Waals surface area (Å²) in [6, 6.07) is 5.78. The van der Waals surface area contributed by atoms with E-state index in [-0.39, 0.29) is 5.56 Å². The van der Waals surface area contributed by atoms with Crippen LogP contribution in [0.25, 0.3) is 11.0 Å². The van der Waals surface area contributed by atoms with Gasteiger partial charge in [-0.3, -0.25) is 0 Å². The van der Waals surface area contributed by atoms with Crippen LogP contribution in [0.4, 0.5) is 0 Å². The fraction of sp³-hybridized carbons (Fsp3) is 0.333. The maximum absolute atomic E-state index is 11.1. The summed E-state index contributed by atoms with van der Waals surface area (Å²) in [6.07, 6.45) is 2.90. The molecule has 2 heterocycles. The number of fused-ring (bicyclic) bond motifs is 1. The second-order valence-electron chi connectivity index (χ2n) is 4.15. The van der Waals surface area contributed by atoms with Crippen LogP contribution >= 0.6 is 11.8 Å². The molecule has 0 spiro atoms. The Morgan fingerprint density at radius 2 is 2.41 bits per heavy atom. The Morgan fingerprint density at radius 1 is 1.53 bits per heavy atom. The first-order valence-electron chi connectivity index (χ1n) is 5.54. The van der Waals surface area contributed by atoms with E-state index < -0.39 is 5.97 Å². The maximum atomic E-state index is 11.1. The summed E-state index contributed by atoms with van der Waals surface area (Å²) >= 11 is 1.93. The number of carboxylic acid groups (broad SMARTS) is 1. The van der Waals surface area contributed by atoms with E-state index in [1.54, 1.807) is 18.5 Å². The van der Waals surface area contributed by atoms with Crippen molar-refractivity contribution in [1.29, 1.82) is 0 Å². The van der Waals surface area contributed by atoms with Gasteiger partial charge >= 0.3 is 5.97 Å². The highest BCUT2D eigenvalue weighted by Gasteiger charge is 2.20. The summed E-state index contributed by atoms with van der Waals surface area (Å²) in [7, 11) is 0. The minimum absolute atomic E-state index is 0.284. The van der Waals surface area contributed by atoms with Gasteiger partial charge in [-0.05, 0) is 24.3 Å². The van der Waals surface area contributed by atoms with Crippen molar-refractivity contribution in [3.8, 4) is 0 Å². The normalized spacial score (nSPS) is 19.9. The predicted octanol–water partition coefficient (Wildman–Crippen LogP) is 2.41. The highest BCUT2D eigenvalue weighted by molar-refractivity contribution is 7.99. The van der Waals surface area contributed by atoms with E-state index in [9.17, 15) is 4.79 Å². The largest absolute Gasteiger partial charge is 0.478 e. The highest BCUT2D eigenvalue weighted by Crippen LogP contribution is 2.31. The SMILES string of the molecule is O=C(O)c1cccc2c1ncn2C1CCSC1. The smallest absolute Gasteiger partial charge is 0.337 e. The summed E-state index contributed by atoms with van der Waals surface area (Å²) in [6.45, 7) is 0. The molecule has 0 bridgehead atoms. The van der Waals surface area contributed by atoms with Crippen molar-refractivity contribution < 1.29 is 9.90 Å². The van der Waals surface area contributed by atoms with Crippen LogP contribution in [0.3, 0.4) is 0 Å². The number of aromatic nitrogens is 2. The number of para-hydroxylation sites is 1. The molecule has 5 heteroatoms. The fourth-order valence-electron chi connectivity index (χ4n) is 2.26. The minimum atomic E-state index is -0.915. The quantitative estimate of drug-likeness (QED) is 0.886. The maximum Gasteiger partial charge on any atom is 0.337 e.